The van der Waals surface area contributed by atoms with Gasteiger partial charge >= 0.3 is 152 Å². The number of hydrogen-bond donors (Lipinski definition) is 0. The van der Waals surface area contributed by atoms with E-state index in [-0.39, 0.29) is 25.5 Å². The van der Waals surface area contributed by atoms with Crippen molar-refractivity contribution in [2.45, 2.75) is 77.0 Å². The van der Waals surface area contributed by atoms with E-state index in [2.05, 4.69) is 122 Å². The molecule has 0 aliphatic rings. The molecule has 8 aromatic rings. The zero-order valence-electron chi connectivity index (χ0n) is 38.3. The minimum atomic E-state index is -2.19. The fourth-order valence-corrected chi connectivity index (χ4v) is 10.7. The molecule has 8 rings (SSSR count). The number of benzene rings is 5. The predicted octanol–water partition coefficient (Wildman–Crippen LogP) is 13.9. The summed E-state index contributed by atoms with van der Waals surface area (Å²) in [5.41, 5.74) is 12.9. The number of aromatic nitrogens is 2. The van der Waals surface area contributed by atoms with Crippen LogP contribution in [-0.2, 0) is 25.5 Å². The van der Waals surface area contributed by atoms with Gasteiger partial charge in [-0.2, -0.15) is 0 Å². The Labute approximate surface area is 361 Å². The van der Waals surface area contributed by atoms with Crippen LogP contribution >= 0.6 is 0 Å². The van der Waals surface area contributed by atoms with Gasteiger partial charge in [0.15, 0.2) is 0 Å². The van der Waals surface area contributed by atoms with E-state index in [9.17, 15) is 0 Å². The first-order valence-corrected chi connectivity index (χ1v) is 26.6. The maximum atomic E-state index is 8.33. The molecule has 0 unspecified atom stereocenters. The Bertz CT molecular complexity index is 2810. The summed E-state index contributed by atoms with van der Waals surface area (Å²) in [5.74, 6) is 6.39. The zero-order valence-corrected chi connectivity index (χ0v) is 38.8. The maximum absolute atomic E-state index is 8.33. The number of furan rings is 1. The van der Waals surface area contributed by atoms with Gasteiger partial charge in [-0.1, -0.05) is 88.0 Å². The maximum Gasteiger partial charge on any atom is 0 e. The molecule has 0 spiro atoms. The van der Waals surface area contributed by atoms with Crippen LogP contribution in [0.1, 0.15) is 68.2 Å². The Hall–Kier alpha value is -4.61. The molecule has 57 heavy (non-hydrogen) atoms. The van der Waals surface area contributed by atoms with E-state index in [0.29, 0.717) is 11.1 Å². The third-order valence-corrected chi connectivity index (χ3v) is 14.8. The molecular weight excluding hydrogens is 933 g/mol. The topological polar surface area (TPSA) is 38.9 Å². The van der Waals surface area contributed by atoms with E-state index in [1.165, 1.54) is 21.1 Å². The smallest absolute Gasteiger partial charge is 0 e. The number of rotatable bonds is 6. The van der Waals surface area contributed by atoms with Crippen molar-refractivity contribution in [1.29, 1.82) is 0 Å². The predicted molar refractivity (Wildman–Crippen MR) is 240 cm³/mol. The Kier molecular flexibility index (Phi) is 11.0. The molecule has 5 heteroatoms. The number of pyridine rings is 2. The summed E-state index contributed by atoms with van der Waals surface area (Å²) in [7, 11) is 0. The molecule has 0 aliphatic heterocycles. The summed E-state index contributed by atoms with van der Waals surface area (Å²) in [6.07, 6.45) is 3.77. The van der Waals surface area contributed by atoms with Gasteiger partial charge < -0.3 is 9.40 Å². The first-order chi connectivity index (χ1) is 28.2. The average molecular weight is 990 g/mol. The van der Waals surface area contributed by atoms with Crippen molar-refractivity contribution in [2.75, 3.05) is 0 Å². The third-order valence-electron chi connectivity index (χ3n) is 10.3. The molecule has 3 heterocycles. The van der Waals surface area contributed by atoms with E-state index in [1.807, 2.05) is 74.6 Å². The second-order valence-electron chi connectivity index (χ2n) is 16.9. The second-order valence-corrected chi connectivity index (χ2v) is 27.4. The van der Waals surface area contributed by atoms with Crippen LogP contribution < -0.4 is 4.40 Å². The van der Waals surface area contributed by atoms with Gasteiger partial charge in [-0.3, -0.25) is 0 Å². The van der Waals surface area contributed by atoms with Gasteiger partial charge in [0, 0.05) is 33.1 Å². The molecule has 0 atom stereocenters. The molecule has 3 nitrogen and oxygen atoms in total. The van der Waals surface area contributed by atoms with Crippen molar-refractivity contribution < 1.29 is 30.0 Å². The van der Waals surface area contributed by atoms with Crippen LogP contribution in [-0.4, -0.2) is 23.2 Å². The summed E-state index contributed by atoms with van der Waals surface area (Å²) in [6.45, 7) is 10.4. The molecule has 5 aromatic carbocycles. The minimum Gasteiger partial charge on any atom is 0 e. The molecule has 0 saturated heterocycles. The Morgan fingerprint density at radius 2 is 1.39 bits per heavy atom. The molecule has 0 amide bonds. The van der Waals surface area contributed by atoms with Gasteiger partial charge in [-0.15, -0.1) is 23.8 Å². The number of hydrogen-bond acceptors (Lipinski definition) is 3. The fourth-order valence-electron chi connectivity index (χ4n) is 7.08. The summed E-state index contributed by atoms with van der Waals surface area (Å²) in [6, 6.07) is 44.7. The van der Waals surface area contributed by atoms with Crippen molar-refractivity contribution >= 4 is 39.6 Å². The molecule has 3 aromatic heterocycles. The molecule has 0 N–H and O–H groups in total. The molecule has 0 aliphatic carbocycles. The SMILES string of the molecule is [2H]C(C)(C)c1ccnc(-c2[c-]cc3oc4cc(-c5ccc(C(C)(C)C)cc5)ccc4c3c2)c1.[2H]C([2H])([2H])c1c[c-]c(-c2cc(C)[c]([Ge]([CH3])([CH3])[CH3])cn2)cc1-c1ccccc1.[Ir]. The molecule has 0 saturated carbocycles. The summed E-state index contributed by atoms with van der Waals surface area (Å²) < 4.78 is 39.5. The average Bonchev–Trinajstić information content (AvgIpc) is 3.57. The van der Waals surface area contributed by atoms with E-state index < -0.39 is 26.0 Å². The van der Waals surface area contributed by atoms with Crippen LogP contribution in [0.3, 0.4) is 0 Å². The summed E-state index contributed by atoms with van der Waals surface area (Å²) >= 11 is -1.96. The first-order valence-electron chi connectivity index (χ1n) is 21.2. The van der Waals surface area contributed by atoms with Crippen molar-refractivity contribution in [3.8, 4) is 44.8 Å². The van der Waals surface area contributed by atoms with Gasteiger partial charge in [-0.25, -0.2) is 0 Å². The van der Waals surface area contributed by atoms with Gasteiger partial charge in [0.05, 0.1) is 5.58 Å². The standard InChI is InChI=1S/C30H28NO.C22H24GeN.Ir/c1-19(2)21-14-15-31-27(17-21)23-9-13-28-26(16-23)25-12-8-22(18-29(25)32-28)20-6-10-24(11-7-20)30(3,4)5;1-16-11-12-19(14-20(16)18-9-7-6-8-10-18)22-13-17(2)21(15-24-22)23(3,4)5;/h6-8,10-19H,1-5H3;6-11,13-15H,1-5H3;/q2*-1;/i19D;1D3;. The third kappa shape index (κ3) is 9.42. The van der Waals surface area contributed by atoms with Crippen LogP contribution in [0, 0.1) is 25.9 Å². The number of nitrogens with zero attached hydrogens (tertiary/aromatic N) is 2. The quantitative estimate of drug-likeness (QED) is 0.123. The molecule has 0 fully saturated rings. The van der Waals surface area contributed by atoms with E-state index in [0.717, 1.165) is 61.1 Å². The fraction of sp³-hybridized carbons (Fsp3) is 0.231. The van der Waals surface area contributed by atoms with Crippen molar-refractivity contribution in [1.82, 2.24) is 9.97 Å². The van der Waals surface area contributed by atoms with Crippen molar-refractivity contribution in [2.24, 2.45) is 0 Å². The number of fused-ring (bicyclic) bond motifs is 3. The Morgan fingerprint density at radius 1 is 0.702 bits per heavy atom. The molecular formula is C52H52GeIrN2O-2. The summed E-state index contributed by atoms with van der Waals surface area (Å²) in [5, 5.41) is 2.12. The van der Waals surface area contributed by atoms with E-state index >= 15 is 0 Å². The Morgan fingerprint density at radius 3 is 2.05 bits per heavy atom. The van der Waals surface area contributed by atoms with Crippen LogP contribution in [0.4, 0.5) is 0 Å². The van der Waals surface area contributed by atoms with Crippen molar-refractivity contribution in [3.05, 3.63) is 162 Å². The van der Waals surface area contributed by atoms with E-state index in [1.54, 1.807) is 12.3 Å². The van der Waals surface area contributed by atoms with Crippen LogP contribution in [0.15, 0.2) is 132 Å². The minimum absolute atomic E-state index is 0. The van der Waals surface area contributed by atoms with Gasteiger partial charge in [0.25, 0.3) is 0 Å². The van der Waals surface area contributed by atoms with Gasteiger partial charge in [0.1, 0.15) is 5.58 Å². The van der Waals surface area contributed by atoms with E-state index in [4.69, 9.17) is 9.90 Å². The first kappa shape index (κ1) is 36.7. The van der Waals surface area contributed by atoms with Crippen LogP contribution in [0.5, 0.6) is 0 Å². The molecule has 1 radical (unpaired) electrons. The monoisotopic (exact) mass is 991 g/mol. The largest absolute Gasteiger partial charge is 0 e. The normalized spacial score (nSPS) is 13.1. The number of aryl methyl sites for hydroxylation is 2. The van der Waals surface area contributed by atoms with Gasteiger partial charge in [-0.05, 0) is 45.8 Å². The molecule has 291 valence electrons. The Balaban J connectivity index is 0.000000205. The zero-order chi connectivity index (χ0) is 43.2. The van der Waals surface area contributed by atoms with Crippen molar-refractivity contribution in [3.63, 3.8) is 0 Å². The molecule has 0 bridgehead atoms. The van der Waals surface area contributed by atoms with Crippen LogP contribution in [0.25, 0.3) is 66.7 Å². The van der Waals surface area contributed by atoms with Gasteiger partial charge in [0.2, 0.25) is 0 Å². The second kappa shape index (κ2) is 17.1. The van der Waals surface area contributed by atoms with Crippen LogP contribution in [0.2, 0.25) is 17.3 Å². The summed E-state index contributed by atoms with van der Waals surface area (Å²) in [4.78, 5) is 9.21.